The van der Waals surface area contributed by atoms with E-state index in [4.69, 9.17) is 0 Å². The molecule has 0 saturated heterocycles. The summed E-state index contributed by atoms with van der Waals surface area (Å²) in [5.41, 5.74) is 2.16. The molecule has 3 heteroatoms. The van der Waals surface area contributed by atoms with Gasteiger partial charge in [-0.3, -0.25) is 0 Å². The van der Waals surface area contributed by atoms with Crippen molar-refractivity contribution >= 4 is 27.4 Å². The summed E-state index contributed by atoms with van der Waals surface area (Å²) in [4.78, 5) is 11.7. The first-order valence-electron chi connectivity index (χ1n) is 5.39. The Bertz CT molecular complexity index is 540. The number of aryl methyl sites for hydroxylation is 2. The number of carboxylic acids is 1. The number of benzene rings is 1. The molecule has 0 bridgehead atoms. The Hall–Kier alpha value is -1.35. The van der Waals surface area contributed by atoms with Gasteiger partial charge in [-0.1, -0.05) is 31.5 Å². The molecule has 0 aliphatic carbocycles. The van der Waals surface area contributed by atoms with Crippen molar-refractivity contribution in [3.63, 3.8) is 0 Å². The zero-order valence-electron chi connectivity index (χ0n) is 9.41. The molecule has 2 nitrogen and oxygen atoms in total. The minimum absolute atomic E-state index is 0.506. The molecule has 0 saturated carbocycles. The van der Waals surface area contributed by atoms with Crippen molar-refractivity contribution in [3.8, 4) is 0 Å². The fourth-order valence-corrected chi connectivity index (χ4v) is 3.14. The van der Waals surface area contributed by atoms with Crippen LogP contribution in [0.4, 0.5) is 0 Å². The maximum atomic E-state index is 11.2. The standard InChI is InChI=1S/C13H14O2S/c1-3-5-9-10-7-4-6-8(2)11(10)16-12(9)13(14)15/h4,6-7H,3,5H2,1-2H3,(H,14,15). The molecule has 0 aliphatic heterocycles. The Morgan fingerprint density at radius 1 is 1.44 bits per heavy atom. The van der Waals surface area contributed by atoms with E-state index in [-0.39, 0.29) is 0 Å². The maximum Gasteiger partial charge on any atom is 0.346 e. The molecule has 0 aliphatic rings. The lowest BCUT2D eigenvalue weighted by atomic mass is 10.0. The Morgan fingerprint density at radius 3 is 2.81 bits per heavy atom. The summed E-state index contributed by atoms with van der Waals surface area (Å²) in [7, 11) is 0. The van der Waals surface area contributed by atoms with E-state index in [0.29, 0.717) is 4.88 Å². The minimum Gasteiger partial charge on any atom is -0.477 e. The fraction of sp³-hybridized carbons (Fsp3) is 0.308. The Morgan fingerprint density at radius 2 is 2.19 bits per heavy atom. The number of fused-ring (bicyclic) bond motifs is 1. The minimum atomic E-state index is -0.802. The van der Waals surface area contributed by atoms with Crippen molar-refractivity contribution in [2.45, 2.75) is 26.7 Å². The van der Waals surface area contributed by atoms with Gasteiger partial charge in [0.2, 0.25) is 0 Å². The summed E-state index contributed by atoms with van der Waals surface area (Å²) in [6.45, 7) is 4.10. The molecule has 0 radical (unpaired) electrons. The van der Waals surface area contributed by atoms with Crippen LogP contribution in [0.1, 0.15) is 34.1 Å². The van der Waals surface area contributed by atoms with Gasteiger partial charge in [0.05, 0.1) is 0 Å². The summed E-state index contributed by atoms with van der Waals surface area (Å²) in [5, 5.41) is 10.3. The van der Waals surface area contributed by atoms with E-state index in [1.54, 1.807) is 0 Å². The molecule has 84 valence electrons. The number of aromatic carboxylic acids is 1. The van der Waals surface area contributed by atoms with E-state index in [1.807, 2.05) is 25.1 Å². The lowest BCUT2D eigenvalue weighted by molar-refractivity contribution is 0.0701. The fourth-order valence-electron chi connectivity index (χ4n) is 1.98. The van der Waals surface area contributed by atoms with E-state index >= 15 is 0 Å². The summed E-state index contributed by atoms with van der Waals surface area (Å²) in [6, 6.07) is 6.05. The van der Waals surface area contributed by atoms with Gasteiger partial charge in [0.25, 0.3) is 0 Å². The van der Waals surface area contributed by atoms with Gasteiger partial charge in [-0.25, -0.2) is 4.79 Å². The zero-order chi connectivity index (χ0) is 11.7. The molecule has 0 spiro atoms. The molecule has 1 aromatic heterocycles. The number of carboxylic acid groups (broad SMARTS) is 1. The summed E-state index contributed by atoms with van der Waals surface area (Å²) in [6.07, 6.45) is 1.81. The van der Waals surface area contributed by atoms with Crippen molar-refractivity contribution < 1.29 is 9.90 Å². The Labute approximate surface area is 98.5 Å². The highest BCUT2D eigenvalue weighted by molar-refractivity contribution is 7.21. The van der Waals surface area contributed by atoms with Crippen molar-refractivity contribution in [2.24, 2.45) is 0 Å². The smallest absolute Gasteiger partial charge is 0.346 e. The molecule has 1 N–H and O–H groups in total. The predicted molar refractivity (Wildman–Crippen MR) is 67.5 cm³/mol. The number of rotatable bonds is 3. The number of hydrogen-bond acceptors (Lipinski definition) is 2. The van der Waals surface area contributed by atoms with Crippen LogP contribution in [0.2, 0.25) is 0 Å². The second-order valence-electron chi connectivity index (χ2n) is 3.92. The van der Waals surface area contributed by atoms with Gasteiger partial charge in [-0.15, -0.1) is 11.3 Å². The second-order valence-corrected chi connectivity index (χ2v) is 4.94. The van der Waals surface area contributed by atoms with E-state index in [0.717, 1.165) is 34.1 Å². The normalized spacial score (nSPS) is 10.9. The van der Waals surface area contributed by atoms with Gasteiger partial charge < -0.3 is 5.11 Å². The molecule has 1 aromatic carbocycles. The molecule has 0 amide bonds. The molecule has 0 atom stereocenters. The maximum absolute atomic E-state index is 11.2. The molecule has 16 heavy (non-hydrogen) atoms. The van der Waals surface area contributed by atoms with Gasteiger partial charge in [0, 0.05) is 4.70 Å². The van der Waals surface area contributed by atoms with Gasteiger partial charge in [0.15, 0.2) is 0 Å². The lowest BCUT2D eigenvalue weighted by Gasteiger charge is -1.99. The third-order valence-corrected chi connectivity index (χ3v) is 4.08. The lowest BCUT2D eigenvalue weighted by Crippen LogP contribution is -1.97. The van der Waals surface area contributed by atoms with E-state index < -0.39 is 5.97 Å². The monoisotopic (exact) mass is 234 g/mol. The van der Waals surface area contributed by atoms with Crippen LogP contribution in [-0.4, -0.2) is 11.1 Å². The topological polar surface area (TPSA) is 37.3 Å². The summed E-state index contributed by atoms with van der Waals surface area (Å²) in [5.74, 6) is -0.802. The van der Waals surface area contributed by atoms with E-state index in [1.165, 1.54) is 11.3 Å². The van der Waals surface area contributed by atoms with Crippen molar-refractivity contribution in [1.82, 2.24) is 0 Å². The molecule has 2 rings (SSSR count). The Balaban J connectivity index is 2.75. The van der Waals surface area contributed by atoms with Gasteiger partial charge >= 0.3 is 5.97 Å². The van der Waals surface area contributed by atoms with Gasteiger partial charge in [-0.05, 0) is 29.9 Å². The van der Waals surface area contributed by atoms with Gasteiger partial charge in [-0.2, -0.15) is 0 Å². The average Bonchev–Trinajstić information content (AvgIpc) is 2.60. The van der Waals surface area contributed by atoms with Crippen molar-refractivity contribution in [3.05, 3.63) is 34.2 Å². The van der Waals surface area contributed by atoms with Crippen molar-refractivity contribution in [2.75, 3.05) is 0 Å². The van der Waals surface area contributed by atoms with Crippen LogP contribution < -0.4 is 0 Å². The van der Waals surface area contributed by atoms with Crippen LogP contribution in [0.3, 0.4) is 0 Å². The quantitative estimate of drug-likeness (QED) is 0.875. The largest absolute Gasteiger partial charge is 0.477 e. The van der Waals surface area contributed by atoms with Crippen LogP contribution in [-0.2, 0) is 6.42 Å². The predicted octanol–water partition coefficient (Wildman–Crippen LogP) is 3.86. The number of hydrogen-bond donors (Lipinski definition) is 1. The Kier molecular flexibility index (Phi) is 2.97. The molecule has 1 heterocycles. The van der Waals surface area contributed by atoms with E-state index in [9.17, 15) is 9.90 Å². The van der Waals surface area contributed by atoms with Crippen LogP contribution in [0.25, 0.3) is 10.1 Å². The third-order valence-electron chi connectivity index (χ3n) is 2.71. The second kappa shape index (κ2) is 4.26. The van der Waals surface area contributed by atoms with Crippen LogP contribution >= 0.6 is 11.3 Å². The molecule has 0 fully saturated rings. The van der Waals surface area contributed by atoms with Crippen LogP contribution in [0.15, 0.2) is 18.2 Å². The van der Waals surface area contributed by atoms with Crippen LogP contribution in [0, 0.1) is 6.92 Å². The molecular formula is C13H14O2S. The first-order valence-corrected chi connectivity index (χ1v) is 6.21. The average molecular weight is 234 g/mol. The highest BCUT2D eigenvalue weighted by Crippen LogP contribution is 2.34. The highest BCUT2D eigenvalue weighted by atomic mass is 32.1. The third kappa shape index (κ3) is 1.71. The van der Waals surface area contributed by atoms with Crippen molar-refractivity contribution in [1.29, 1.82) is 0 Å². The zero-order valence-corrected chi connectivity index (χ0v) is 10.2. The first kappa shape index (κ1) is 11.1. The summed E-state index contributed by atoms with van der Waals surface area (Å²) < 4.78 is 1.11. The molecule has 2 aromatic rings. The number of carbonyl (C=O) groups is 1. The van der Waals surface area contributed by atoms with Gasteiger partial charge in [0.1, 0.15) is 4.88 Å². The van der Waals surface area contributed by atoms with E-state index in [2.05, 4.69) is 6.92 Å². The number of thiophene rings is 1. The summed E-state index contributed by atoms with van der Waals surface area (Å²) >= 11 is 1.40. The SMILES string of the molecule is CCCc1c(C(=O)O)sc2c(C)cccc12. The van der Waals surface area contributed by atoms with Crippen LogP contribution in [0.5, 0.6) is 0 Å². The highest BCUT2D eigenvalue weighted by Gasteiger charge is 2.17. The first-order chi connectivity index (χ1) is 7.65. The molecule has 0 unspecified atom stereocenters. The molecular weight excluding hydrogens is 220 g/mol.